The highest BCUT2D eigenvalue weighted by molar-refractivity contribution is 6.33. The summed E-state index contributed by atoms with van der Waals surface area (Å²) in [5.74, 6) is -2.51. The molecule has 0 saturated carbocycles. The first-order valence-corrected chi connectivity index (χ1v) is 5.41. The van der Waals surface area contributed by atoms with Crippen LogP contribution in [0.1, 0.15) is 15.9 Å². The lowest BCUT2D eigenvalue weighted by atomic mass is 10.0. The van der Waals surface area contributed by atoms with Crippen LogP contribution in [-0.2, 0) is 0 Å². The average Bonchev–Trinajstić information content (AvgIpc) is 2.35. The Balaban J connectivity index is 2.41. The highest BCUT2D eigenvalue weighted by Gasteiger charge is 2.13. The Hall–Kier alpha value is -1.94. The lowest BCUT2D eigenvalue weighted by Gasteiger charge is -2.04. The third-order valence-electron chi connectivity index (χ3n) is 2.44. The van der Waals surface area contributed by atoms with E-state index in [9.17, 15) is 13.6 Å². The van der Waals surface area contributed by atoms with Crippen molar-refractivity contribution in [2.45, 2.75) is 0 Å². The van der Waals surface area contributed by atoms with Crippen molar-refractivity contribution in [1.82, 2.24) is 0 Å². The number of halogens is 3. The minimum atomic E-state index is -1.07. The second kappa shape index (κ2) is 4.74. The number of rotatable bonds is 2. The summed E-state index contributed by atoms with van der Waals surface area (Å²) in [5.41, 5.74) is 6.18. The smallest absolute Gasteiger partial charge is 0.193 e. The Bertz CT molecular complexity index is 575. The largest absolute Gasteiger partial charge is 0.398 e. The van der Waals surface area contributed by atoms with E-state index in [1.165, 1.54) is 24.3 Å². The number of hydrogen-bond acceptors (Lipinski definition) is 2. The van der Waals surface area contributed by atoms with Gasteiger partial charge in [-0.05, 0) is 36.4 Å². The quantitative estimate of drug-likeness (QED) is 0.669. The molecular formula is C13H8ClF2NO. The summed E-state index contributed by atoms with van der Waals surface area (Å²) in [6.07, 6.45) is 0. The van der Waals surface area contributed by atoms with Crippen LogP contribution in [0.5, 0.6) is 0 Å². The van der Waals surface area contributed by atoms with Gasteiger partial charge in [0.25, 0.3) is 0 Å². The number of hydrogen-bond donors (Lipinski definition) is 1. The van der Waals surface area contributed by atoms with E-state index in [4.69, 9.17) is 17.3 Å². The predicted octanol–water partition coefficient (Wildman–Crippen LogP) is 3.43. The lowest BCUT2D eigenvalue weighted by Crippen LogP contribution is -2.03. The van der Waals surface area contributed by atoms with Gasteiger partial charge in [-0.1, -0.05) is 11.6 Å². The topological polar surface area (TPSA) is 43.1 Å². The van der Waals surface area contributed by atoms with Gasteiger partial charge in [0, 0.05) is 11.1 Å². The molecule has 0 aliphatic heterocycles. The summed E-state index contributed by atoms with van der Waals surface area (Å²) in [7, 11) is 0. The Labute approximate surface area is 107 Å². The molecule has 2 aromatic rings. The first-order valence-electron chi connectivity index (χ1n) is 5.04. The normalized spacial score (nSPS) is 10.4. The molecule has 0 amide bonds. The van der Waals surface area contributed by atoms with Gasteiger partial charge in [-0.3, -0.25) is 4.79 Å². The molecular weight excluding hydrogens is 260 g/mol. The van der Waals surface area contributed by atoms with Crippen molar-refractivity contribution in [3.8, 4) is 0 Å². The molecule has 0 fully saturated rings. The van der Waals surface area contributed by atoms with Gasteiger partial charge < -0.3 is 5.73 Å². The van der Waals surface area contributed by atoms with Crippen molar-refractivity contribution < 1.29 is 13.6 Å². The average molecular weight is 268 g/mol. The number of nitrogen functional groups attached to an aromatic ring is 1. The summed E-state index contributed by atoms with van der Waals surface area (Å²) in [5, 5.41) is 0.239. The fourth-order valence-electron chi connectivity index (χ4n) is 1.47. The monoisotopic (exact) mass is 267 g/mol. The number of anilines is 1. The van der Waals surface area contributed by atoms with Crippen LogP contribution in [0, 0.1) is 11.6 Å². The first-order chi connectivity index (χ1) is 8.49. The molecule has 0 aromatic heterocycles. The predicted molar refractivity (Wildman–Crippen MR) is 65.7 cm³/mol. The molecule has 0 heterocycles. The minimum Gasteiger partial charge on any atom is -0.398 e. The maximum Gasteiger partial charge on any atom is 0.193 e. The highest BCUT2D eigenvalue weighted by Crippen LogP contribution is 2.22. The van der Waals surface area contributed by atoms with Gasteiger partial charge >= 0.3 is 0 Å². The fraction of sp³-hybridized carbons (Fsp3) is 0. The van der Waals surface area contributed by atoms with Crippen LogP contribution in [0.3, 0.4) is 0 Å². The number of carbonyl (C=O) groups is 1. The number of ketones is 1. The van der Waals surface area contributed by atoms with Crippen molar-refractivity contribution in [2.75, 3.05) is 5.73 Å². The molecule has 0 spiro atoms. The zero-order chi connectivity index (χ0) is 13.3. The second-order valence-electron chi connectivity index (χ2n) is 3.69. The van der Waals surface area contributed by atoms with Crippen LogP contribution in [0.25, 0.3) is 0 Å². The number of benzene rings is 2. The molecule has 2 N–H and O–H groups in total. The van der Waals surface area contributed by atoms with Crippen molar-refractivity contribution in [3.05, 3.63) is 64.2 Å². The van der Waals surface area contributed by atoms with Crippen LogP contribution in [0.4, 0.5) is 14.5 Å². The Kier molecular flexibility index (Phi) is 3.30. The molecule has 5 heteroatoms. The summed E-state index contributed by atoms with van der Waals surface area (Å²) in [4.78, 5) is 12.0. The van der Waals surface area contributed by atoms with Gasteiger partial charge in [0.15, 0.2) is 17.4 Å². The van der Waals surface area contributed by atoms with E-state index in [1.807, 2.05) is 0 Å². The van der Waals surface area contributed by atoms with Crippen molar-refractivity contribution >= 4 is 23.1 Å². The SMILES string of the molecule is Nc1ccc(C(=O)c2ccc(F)c(F)c2)cc1Cl. The Morgan fingerprint density at radius 2 is 1.61 bits per heavy atom. The van der Waals surface area contributed by atoms with E-state index in [2.05, 4.69) is 0 Å². The van der Waals surface area contributed by atoms with E-state index < -0.39 is 17.4 Å². The molecule has 0 radical (unpaired) electrons. The molecule has 0 bridgehead atoms. The fourth-order valence-corrected chi connectivity index (χ4v) is 1.65. The van der Waals surface area contributed by atoms with E-state index in [0.717, 1.165) is 12.1 Å². The van der Waals surface area contributed by atoms with Crippen molar-refractivity contribution in [3.63, 3.8) is 0 Å². The standard InChI is InChI=1S/C13H8ClF2NO/c14-9-5-7(2-4-12(9)17)13(18)8-1-3-10(15)11(16)6-8/h1-6H,17H2. The molecule has 0 aliphatic carbocycles. The third-order valence-corrected chi connectivity index (χ3v) is 2.77. The van der Waals surface area contributed by atoms with Gasteiger partial charge in [0.2, 0.25) is 0 Å². The molecule has 0 unspecified atom stereocenters. The highest BCUT2D eigenvalue weighted by atomic mass is 35.5. The molecule has 2 aromatic carbocycles. The van der Waals surface area contributed by atoms with Gasteiger partial charge in [0.05, 0.1) is 10.7 Å². The van der Waals surface area contributed by atoms with Gasteiger partial charge in [-0.2, -0.15) is 0 Å². The van der Waals surface area contributed by atoms with Crippen LogP contribution in [0.15, 0.2) is 36.4 Å². The summed E-state index contributed by atoms with van der Waals surface area (Å²) in [6, 6.07) is 7.31. The molecule has 2 nitrogen and oxygen atoms in total. The third kappa shape index (κ3) is 2.33. The van der Waals surface area contributed by atoms with Crippen molar-refractivity contribution in [1.29, 1.82) is 0 Å². The minimum absolute atomic E-state index is 0.0507. The summed E-state index contributed by atoms with van der Waals surface area (Å²) in [6.45, 7) is 0. The number of carbonyl (C=O) groups excluding carboxylic acids is 1. The van der Waals surface area contributed by atoms with Crippen LogP contribution in [0.2, 0.25) is 5.02 Å². The molecule has 2 rings (SSSR count). The van der Waals surface area contributed by atoms with Crippen molar-refractivity contribution in [2.24, 2.45) is 0 Å². The van der Waals surface area contributed by atoms with Gasteiger partial charge in [-0.25, -0.2) is 8.78 Å². The van der Waals surface area contributed by atoms with E-state index in [0.29, 0.717) is 5.69 Å². The van der Waals surface area contributed by atoms with Crippen LogP contribution >= 0.6 is 11.6 Å². The van der Waals surface area contributed by atoms with Crippen LogP contribution < -0.4 is 5.73 Å². The van der Waals surface area contributed by atoms with E-state index >= 15 is 0 Å². The Morgan fingerprint density at radius 3 is 2.22 bits per heavy atom. The lowest BCUT2D eigenvalue weighted by molar-refractivity contribution is 0.103. The molecule has 92 valence electrons. The Morgan fingerprint density at radius 1 is 1.00 bits per heavy atom. The molecule has 0 saturated heterocycles. The van der Waals surface area contributed by atoms with E-state index in [1.54, 1.807) is 0 Å². The molecule has 18 heavy (non-hydrogen) atoms. The zero-order valence-corrected chi connectivity index (χ0v) is 9.84. The van der Waals surface area contributed by atoms with Gasteiger partial charge in [0.1, 0.15) is 0 Å². The second-order valence-corrected chi connectivity index (χ2v) is 4.10. The van der Waals surface area contributed by atoms with Crippen LogP contribution in [-0.4, -0.2) is 5.78 Å². The number of nitrogens with two attached hydrogens (primary N) is 1. The van der Waals surface area contributed by atoms with E-state index in [-0.39, 0.29) is 16.1 Å². The van der Waals surface area contributed by atoms with Gasteiger partial charge in [-0.15, -0.1) is 0 Å². The zero-order valence-electron chi connectivity index (χ0n) is 9.08. The first kappa shape index (κ1) is 12.5. The molecule has 0 aliphatic rings. The summed E-state index contributed by atoms with van der Waals surface area (Å²) >= 11 is 5.79. The maximum atomic E-state index is 13.0. The summed E-state index contributed by atoms with van der Waals surface area (Å²) < 4.78 is 25.8. The molecule has 0 atom stereocenters. The maximum absolute atomic E-state index is 13.0.